The van der Waals surface area contributed by atoms with Gasteiger partial charge in [-0.15, -0.1) is 0 Å². The molecule has 0 aromatic heterocycles. The fourth-order valence-electron chi connectivity index (χ4n) is 3.47. The van der Waals surface area contributed by atoms with Gasteiger partial charge < -0.3 is 66.3 Å². The average Bonchev–Trinajstić information content (AvgIpc) is 3.08. The third-order valence-electron chi connectivity index (χ3n) is 6.20. The molecule has 0 saturated carbocycles. The molecule has 1 unspecified atom stereocenters. The van der Waals surface area contributed by atoms with E-state index in [1.165, 1.54) is 0 Å². The fourth-order valence-corrected chi connectivity index (χ4v) is 3.47. The molecule has 50 heavy (non-hydrogen) atoms. The van der Waals surface area contributed by atoms with Gasteiger partial charge >= 0.3 is 5.97 Å². The van der Waals surface area contributed by atoms with Crippen LogP contribution in [0.5, 0.6) is 0 Å². The summed E-state index contributed by atoms with van der Waals surface area (Å²) in [5, 5.41) is 0. The lowest BCUT2D eigenvalue weighted by atomic mass is 10.1. The van der Waals surface area contributed by atoms with Gasteiger partial charge in [-0.1, -0.05) is 20.3 Å². The van der Waals surface area contributed by atoms with Crippen LogP contribution >= 0.6 is 0 Å². The van der Waals surface area contributed by atoms with E-state index >= 15 is 0 Å². The minimum atomic E-state index is -0.512. The van der Waals surface area contributed by atoms with Gasteiger partial charge in [0.2, 0.25) is 0 Å². The summed E-state index contributed by atoms with van der Waals surface area (Å²) in [6.07, 6.45) is 1.13. The van der Waals surface area contributed by atoms with Crippen LogP contribution in [-0.2, 0) is 71.1 Å². The first kappa shape index (κ1) is 49.0. The second-order valence-electron chi connectivity index (χ2n) is 12.0. The Kier molecular flexibility index (Phi) is 38.3. The number of carbonyl (C=O) groups excluding carboxylic acids is 1. The molecule has 0 bridgehead atoms. The Balaban J connectivity index is 3.10. The highest BCUT2D eigenvalue weighted by molar-refractivity contribution is 5.71. The molecule has 0 aliphatic carbocycles. The van der Waals surface area contributed by atoms with Crippen LogP contribution in [0.3, 0.4) is 0 Å². The summed E-state index contributed by atoms with van der Waals surface area (Å²) in [7, 11) is 0. The lowest BCUT2D eigenvalue weighted by Crippen LogP contribution is -2.27. The summed E-state index contributed by atoms with van der Waals surface area (Å²) < 4.78 is 76.0. The summed E-state index contributed by atoms with van der Waals surface area (Å²) in [6, 6.07) is 0. The Bertz CT molecular complexity index is 681. The maximum atomic E-state index is 11.5. The fraction of sp³-hybridized carbons (Fsp3) is 0.971. The molecule has 0 saturated heterocycles. The lowest BCUT2D eigenvalue weighted by Gasteiger charge is -2.19. The number of carbonyl (C=O) groups is 1. The Morgan fingerprint density at radius 3 is 0.840 bits per heavy atom. The first-order valence-electron chi connectivity index (χ1n) is 18.1. The average molecular weight is 731 g/mol. The second-order valence-corrected chi connectivity index (χ2v) is 12.0. The van der Waals surface area contributed by atoms with Crippen molar-refractivity contribution in [2.24, 2.45) is 5.92 Å². The van der Waals surface area contributed by atoms with E-state index in [1.54, 1.807) is 0 Å². The van der Waals surface area contributed by atoms with Crippen LogP contribution in [0.25, 0.3) is 0 Å². The molecule has 0 aromatic carbocycles. The number of esters is 1. The topological polar surface area (TPSA) is 146 Å². The van der Waals surface area contributed by atoms with E-state index in [0.29, 0.717) is 164 Å². The van der Waals surface area contributed by atoms with Crippen molar-refractivity contribution in [2.75, 3.05) is 172 Å². The summed E-state index contributed by atoms with van der Waals surface area (Å²) in [5.41, 5.74) is -0.512. The van der Waals surface area contributed by atoms with Gasteiger partial charge in [-0.3, -0.25) is 0 Å². The van der Waals surface area contributed by atoms with E-state index in [1.807, 2.05) is 20.8 Å². The van der Waals surface area contributed by atoms with Crippen LogP contribution in [0.2, 0.25) is 0 Å². The quantitative estimate of drug-likeness (QED) is 0.0671. The summed E-state index contributed by atoms with van der Waals surface area (Å²) in [5.74, 6) is 0.206. The van der Waals surface area contributed by atoms with Crippen molar-refractivity contribution in [1.29, 1.82) is 0 Å². The SMILES string of the molecule is CCC(C)COCCOCCOCCOCCOCCOCCOCCOCCOCCOCCOCCOCCOCC(=O)OC(C)(C)C. The smallest absolute Gasteiger partial charge is 0.332 e. The number of rotatable bonds is 41. The van der Waals surface area contributed by atoms with Gasteiger partial charge in [-0.2, -0.15) is 0 Å². The Morgan fingerprint density at radius 1 is 0.400 bits per heavy atom. The van der Waals surface area contributed by atoms with E-state index in [2.05, 4.69) is 13.8 Å². The zero-order chi connectivity index (χ0) is 36.6. The molecule has 1 atom stereocenters. The predicted octanol–water partition coefficient (Wildman–Crippen LogP) is 2.59. The largest absolute Gasteiger partial charge is 0.458 e. The van der Waals surface area contributed by atoms with E-state index < -0.39 is 5.60 Å². The molecule has 0 spiro atoms. The van der Waals surface area contributed by atoms with Gasteiger partial charge in [0.15, 0.2) is 0 Å². The van der Waals surface area contributed by atoms with Crippen molar-refractivity contribution in [3.05, 3.63) is 0 Å². The lowest BCUT2D eigenvalue weighted by molar-refractivity contribution is -0.160. The van der Waals surface area contributed by atoms with Gasteiger partial charge in [0, 0.05) is 6.61 Å². The van der Waals surface area contributed by atoms with Gasteiger partial charge in [-0.25, -0.2) is 4.79 Å². The van der Waals surface area contributed by atoms with Crippen molar-refractivity contribution >= 4 is 5.97 Å². The van der Waals surface area contributed by atoms with Gasteiger partial charge in [0.1, 0.15) is 12.2 Å². The molecular weight excluding hydrogens is 660 g/mol. The number of hydrogen-bond donors (Lipinski definition) is 0. The standard InChI is InChI=1S/C35H70O15/c1-6-33(2)31-48-29-27-46-25-23-44-21-19-42-17-15-40-13-11-38-9-7-37-8-10-39-12-14-41-16-18-43-20-22-45-24-26-47-28-30-49-32-34(36)50-35(3,4)5/h33H,6-32H2,1-5H3. The van der Waals surface area contributed by atoms with Gasteiger partial charge in [-0.05, 0) is 26.7 Å². The Morgan fingerprint density at radius 2 is 0.620 bits per heavy atom. The molecule has 0 rings (SSSR count). The third-order valence-corrected chi connectivity index (χ3v) is 6.20. The van der Waals surface area contributed by atoms with E-state index in [-0.39, 0.29) is 12.6 Å². The summed E-state index contributed by atoms with van der Waals surface area (Å²) >= 11 is 0. The molecule has 15 nitrogen and oxygen atoms in total. The third kappa shape index (κ3) is 43.1. The molecule has 0 aliphatic rings. The normalized spacial score (nSPS) is 12.5. The van der Waals surface area contributed by atoms with E-state index in [4.69, 9.17) is 66.3 Å². The highest BCUT2D eigenvalue weighted by Crippen LogP contribution is 2.06. The van der Waals surface area contributed by atoms with Crippen LogP contribution in [0, 0.1) is 5.92 Å². The number of ether oxygens (including phenoxy) is 14. The highest BCUT2D eigenvalue weighted by Gasteiger charge is 2.15. The molecule has 0 aromatic rings. The molecule has 0 radical (unpaired) electrons. The Hall–Kier alpha value is -1.05. The van der Waals surface area contributed by atoms with E-state index in [9.17, 15) is 4.79 Å². The Labute approximate surface area is 301 Å². The van der Waals surface area contributed by atoms with E-state index in [0.717, 1.165) is 13.0 Å². The zero-order valence-electron chi connectivity index (χ0n) is 31.8. The molecule has 0 fully saturated rings. The summed E-state index contributed by atoms with van der Waals surface area (Å²) in [4.78, 5) is 11.5. The molecule has 0 heterocycles. The molecule has 15 heteroatoms. The second kappa shape index (κ2) is 39.2. The van der Waals surface area contributed by atoms with Crippen molar-refractivity contribution in [3.8, 4) is 0 Å². The first-order valence-corrected chi connectivity index (χ1v) is 18.1. The van der Waals surface area contributed by atoms with Crippen molar-refractivity contribution < 1.29 is 71.1 Å². The molecule has 300 valence electrons. The maximum Gasteiger partial charge on any atom is 0.332 e. The maximum absolute atomic E-state index is 11.5. The van der Waals surface area contributed by atoms with Crippen molar-refractivity contribution in [3.63, 3.8) is 0 Å². The minimum Gasteiger partial charge on any atom is -0.458 e. The molecule has 0 amide bonds. The first-order chi connectivity index (χ1) is 24.3. The van der Waals surface area contributed by atoms with Crippen LogP contribution in [0.15, 0.2) is 0 Å². The monoisotopic (exact) mass is 730 g/mol. The predicted molar refractivity (Wildman–Crippen MR) is 186 cm³/mol. The zero-order valence-corrected chi connectivity index (χ0v) is 31.8. The molecular formula is C35H70O15. The molecule has 0 N–H and O–H groups in total. The molecule has 0 aliphatic heterocycles. The van der Waals surface area contributed by atoms with Crippen LogP contribution in [0.1, 0.15) is 41.0 Å². The van der Waals surface area contributed by atoms with Crippen LogP contribution in [-0.4, -0.2) is 183 Å². The van der Waals surface area contributed by atoms with Crippen molar-refractivity contribution in [2.45, 2.75) is 46.6 Å². The number of hydrogen-bond acceptors (Lipinski definition) is 15. The van der Waals surface area contributed by atoms with Crippen LogP contribution in [0.4, 0.5) is 0 Å². The van der Waals surface area contributed by atoms with Crippen molar-refractivity contribution in [1.82, 2.24) is 0 Å². The van der Waals surface area contributed by atoms with Crippen LogP contribution < -0.4 is 0 Å². The summed E-state index contributed by atoms with van der Waals surface area (Å²) in [6.45, 7) is 22.4. The van der Waals surface area contributed by atoms with Gasteiger partial charge in [0.25, 0.3) is 0 Å². The highest BCUT2D eigenvalue weighted by atomic mass is 16.6. The van der Waals surface area contributed by atoms with Gasteiger partial charge in [0.05, 0.1) is 159 Å². The minimum absolute atomic E-state index is 0.0838.